The highest BCUT2D eigenvalue weighted by Crippen LogP contribution is 2.21. The van der Waals surface area contributed by atoms with Gasteiger partial charge in [0.25, 0.3) is 0 Å². The molecule has 0 unspecified atom stereocenters. The molecule has 6 nitrogen and oxygen atoms in total. The Kier molecular flexibility index (Phi) is 6.32. The molecular formula is C24H25FN6S. The lowest BCUT2D eigenvalue weighted by atomic mass is 10.1. The topological polar surface area (TPSA) is 59.7 Å². The number of aromatic nitrogens is 4. The Labute approximate surface area is 192 Å². The first-order valence-electron chi connectivity index (χ1n) is 10.3. The van der Waals surface area contributed by atoms with Crippen LogP contribution >= 0.6 is 12.2 Å². The number of rotatable bonds is 6. The Hall–Kier alpha value is -3.52. The van der Waals surface area contributed by atoms with E-state index < -0.39 is 0 Å². The molecule has 0 radical (unpaired) electrons. The predicted octanol–water partition coefficient (Wildman–Crippen LogP) is 5.05. The van der Waals surface area contributed by atoms with Gasteiger partial charge in [0.1, 0.15) is 5.82 Å². The van der Waals surface area contributed by atoms with Crippen LogP contribution in [0.1, 0.15) is 28.1 Å². The zero-order valence-corrected chi connectivity index (χ0v) is 19.1. The zero-order chi connectivity index (χ0) is 22.7. The van der Waals surface area contributed by atoms with Crippen LogP contribution in [0.3, 0.4) is 0 Å². The van der Waals surface area contributed by atoms with Crippen molar-refractivity contribution in [2.24, 2.45) is 0 Å². The molecule has 8 heteroatoms. The first kappa shape index (κ1) is 21.7. The molecule has 2 aromatic carbocycles. The van der Waals surface area contributed by atoms with Crippen LogP contribution in [0.4, 0.5) is 15.8 Å². The molecule has 0 saturated carbocycles. The summed E-state index contributed by atoms with van der Waals surface area (Å²) in [6.07, 6.45) is 3.66. The molecule has 0 amide bonds. The number of nitrogens with zero attached hydrogens (tertiary/aromatic N) is 4. The molecule has 0 spiro atoms. The summed E-state index contributed by atoms with van der Waals surface area (Å²) in [5, 5.41) is 15.9. The van der Waals surface area contributed by atoms with Gasteiger partial charge >= 0.3 is 0 Å². The minimum atomic E-state index is -0.254. The first-order valence-corrected chi connectivity index (χ1v) is 10.7. The summed E-state index contributed by atoms with van der Waals surface area (Å²) in [4.78, 5) is 0. The minimum Gasteiger partial charge on any atom is -0.330 e. The van der Waals surface area contributed by atoms with Crippen molar-refractivity contribution in [2.45, 2.75) is 33.9 Å². The molecule has 0 saturated heterocycles. The average molecular weight is 449 g/mol. The average Bonchev–Trinajstić information content (AvgIpc) is 3.29. The highest BCUT2D eigenvalue weighted by atomic mass is 32.1. The quantitative estimate of drug-likeness (QED) is 0.404. The highest BCUT2D eigenvalue weighted by Gasteiger charge is 2.14. The summed E-state index contributed by atoms with van der Waals surface area (Å²) >= 11 is 5.50. The SMILES string of the molecule is Cc1ccc(Cn2cc(NC(=S)Nc3c(C)nn(Cc4cccc(F)c4)c3C)cn2)cc1. The Morgan fingerprint density at radius 2 is 1.78 bits per heavy atom. The van der Waals surface area contributed by atoms with E-state index in [0.717, 1.165) is 28.3 Å². The molecule has 2 N–H and O–H groups in total. The van der Waals surface area contributed by atoms with Crippen LogP contribution in [0.15, 0.2) is 60.9 Å². The highest BCUT2D eigenvalue weighted by molar-refractivity contribution is 7.80. The number of halogens is 1. The molecule has 164 valence electrons. The number of hydrogen-bond donors (Lipinski definition) is 2. The molecule has 0 bridgehead atoms. The summed E-state index contributed by atoms with van der Waals surface area (Å²) in [6, 6.07) is 14.9. The maximum absolute atomic E-state index is 13.5. The van der Waals surface area contributed by atoms with E-state index in [2.05, 4.69) is 52.0 Å². The van der Waals surface area contributed by atoms with Crippen LogP contribution in [0.2, 0.25) is 0 Å². The van der Waals surface area contributed by atoms with Crippen molar-refractivity contribution < 1.29 is 4.39 Å². The summed E-state index contributed by atoms with van der Waals surface area (Å²) in [5.41, 5.74) is 6.65. The van der Waals surface area contributed by atoms with Gasteiger partial charge in [0.2, 0.25) is 0 Å². The van der Waals surface area contributed by atoms with Crippen molar-refractivity contribution in [3.63, 3.8) is 0 Å². The van der Waals surface area contributed by atoms with E-state index in [0.29, 0.717) is 18.2 Å². The molecule has 0 atom stereocenters. The Balaban J connectivity index is 1.39. The normalized spacial score (nSPS) is 10.9. The number of anilines is 2. The number of nitrogens with one attached hydrogen (secondary N) is 2. The van der Waals surface area contributed by atoms with Gasteiger partial charge in [-0.2, -0.15) is 10.2 Å². The lowest BCUT2D eigenvalue weighted by molar-refractivity contribution is 0.616. The lowest BCUT2D eigenvalue weighted by Gasteiger charge is -2.10. The third-order valence-electron chi connectivity index (χ3n) is 5.20. The number of hydrogen-bond acceptors (Lipinski definition) is 3. The maximum atomic E-state index is 13.5. The third kappa shape index (κ3) is 5.20. The van der Waals surface area contributed by atoms with Crippen molar-refractivity contribution in [1.29, 1.82) is 0 Å². The molecule has 32 heavy (non-hydrogen) atoms. The van der Waals surface area contributed by atoms with E-state index in [9.17, 15) is 4.39 Å². The van der Waals surface area contributed by atoms with Crippen molar-refractivity contribution in [2.75, 3.05) is 10.6 Å². The van der Waals surface area contributed by atoms with Crippen molar-refractivity contribution >= 4 is 28.7 Å². The fourth-order valence-corrected chi connectivity index (χ4v) is 3.73. The lowest BCUT2D eigenvalue weighted by Crippen LogP contribution is -2.19. The van der Waals surface area contributed by atoms with Crippen LogP contribution in [-0.4, -0.2) is 24.7 Å². The molecular weight excluding hydrogens is 423 g/mol. The van der Waals surface area contributed by atoms with E-state index in [1.807, 2.05) is 35.5 Å². The molecule has 2 heterocycles. The third-order valence-corrected chi connectivity index (χ3v) is 5.40. The van der Waals surface area contributed by atoms with Gasteiger partial charge in [-0.3, -0.25) is 9.36 Å². The monoisotopic (exact) mass is 448 g/mol. The van der Waals surface area contributed by atoms with Crippen molar-refractivity contribution in [3.8, 4) is 0 Å². The van der Waals surface area contributed by atoms with E-state index >= 15 is 0 Å². The van der Waals surface area contributed by atoms with Gasteiger partial charge in [-0.15, -0.1) is 0 Å². The summed E-state index contributed by atoms with van der Waals surface area (Å²) in [6.45, 7) is 7.12. The second-order valence-electron chi connectivity index (χ2n) is 7.82. The summed E-state index contributed by atoms with van der Waals surface area (Å²) < 4.78 is 17.2. The molecule has 0 fully saturated rings. The van der Waals surface area contributed by atoms with Crippen LogP contribution < -0.4 is 10.6 Å². The number of thiocarbonyl (C=S) groups is 1. The second kappa shape index (κ2) is 9.32. The molecule has 0 aliphatic heterocycles. The van der Waals surface area contributed by atoms with Crippen molar-refractivity contribution in [1.82, 2.24) is 19.6 Å². The van der Waals surface area contributed by atoms with E-state index in [-0.39, 0.29) is 5.82 Å². The van der Waals surface area contributed by atoms with Gasteiger partial charge < -0.3 is 10.6 Å². The fourth-order valence-electron chi connectivity index (χ4n) is 3.51. The van der Waals surface area contributed by atoms with Crippen LogP contribution in [0.5, 0.6) is 0 Å². The second-order valence-corrected chi connectivity index (χ2v) is 8.23. The predicted molar refractivity (Wildman–Crippen MR) is 130 cm³/mol. The number of aryl methyl sites for hydroxylation is 2. The van der Waals surface area contributed by atoms with Gasteiger partial charge in [0.05, 0.1) is 42.0 Å². The van der Waals surface area contributed by atoms with Crippen LogP contribution in [0, 0.1) is 26.6 Å². The first-order chi connectivity index (χ1) is 15.4. The van der Waals surface area contributed by atoms with Crippen molar-refractivity contribution in [3.05, 3.63) is 94.8 Å². The van der Waals surface area contributed by atoms with Gasteiger partial charge in [0, 0.05) is 6.20 Å². The largest absolute Gasteiger partial charge is 0.330 e. The van der Waals surface area contributed by atoms with Crippen LogP contribution in [-0.2, 0) is 13.1 Å². The fraction of sp³-hybridized carbons (Fsp3) is 0.208. The molecule has 0 aliphatic rings. The van der Waals surface area contributed by atoms with E-state index in [1.165, 1.54) is 23.3 Å². The molecule has 4 aromatic rings. The molecule has 4 rings (SSSR count). The van der Waals surface area contributed by atoms with Crippen LogP contribution in [0.25, 0.3) is 0 Å². The van der Waals surface area contributed by atoms with Gasteiger partial charge in [-0.1, -0.05) is 42.0 Å². The number of benzene rings is 2. The maximum Gasteiger partial charge on any atom is 0.175 e. The molecule has 2 aromatic heterocycles. The summed E-state index contributed by atoms with van der Waals surface area (Å²) in [5.74, 6) is -0.254. The minimum absolute atomic E-state index is 0.254. The van der Waals surface area contributed by atoms with Gasteiger partial charge in [0.15, 0.2) is 5.11 Å². The zero-order valence-electron chi connectivity index (χ0n) is 18.3. The Bertz CT molecular complexity index is 1240. The van der Waals surface area contributed by atoms with Gasteiger partial charge in [-0.25, -0.2) is 4.39 Å². The smallest absolute Gasteiger partial charge is 0.175 e. The Morgan fingerprint density at radius 3 is 2.53 bits per heavy atom. The summed E-state index contributed by atoms with van der Waals surface area (Å²) in [7, 11) is 0. The van der Waals surface area contributed by atoms with E-state index in [4.69, 9.17) is 12.2 Å². The van der Waals surface area contributed by atoms with E-state index in [1.54, 1.807) is 12.3 Å². The molecule has 0 aliphatic carbocycles. The Morgan fingerprint density at radius 1 is 1.00 bits per heavy atom. The van der Waals surface area contributed by atoms with Gasteiger partial charge in [-0.05, 0) is 56.2 Å². The standard InChI is InChI=1S/C24H25FN6S/c1-16-7-9-19(10-8-16)13-30-15-22(12-26-30)27-24(32)28-23-17(2)29-31(18(23)3)14-20-5-4-6-21(25)11-20/h4-12,15H,13-14H2,1-3H3,(H2,27,28,32).